The first-order chi connectivity index (χ1) is 12.3. The number of aliphatic imine (C=N–C) groups is 1. The number of benzene rings is 2. The number of fused-ring (bicyclic) bond motifs is 1. The Balaban J connectivity index is 1.66. The summed E-state index contributed by atoms with van der Waals surface area (Å²) in [6.45, 7) is 0.558. The van der Waals surface area contributed by atoms with Crippen molar-refractivity contribution in [2.24, 2.45) is 4.99 Å². The summed E-state index contributed by atoms with van der Waals surface area (Å²) in [5.41, 5.74) is 3.92. The van der Waals surface area contributed by atoms with E-state index in [0.717, 1.165) is 28.5 Å². The van der Waals surface area contributed by atoms with Crippen molar-refractivity contribution in [2.45, 2.75) is 0 Å². The van der Waals surface area contributed by atoms with E-state index in [1.165, 1.54) is 0 Å². The molecule has 1 aromatic heterocycles. The molecule has 5 heteroatoms. The molecule has 1 aliphatic rings. The first-order valence-corrected chi connectivity index (χ1v) is 8.03. The maximum atomic E-state index is 12.5. The lowest BCUT2D eigenvalue weighted by Gasteiger charge is -2.19. The van der Waals surface area contributed by atoms with Crippen LogP contribution < -0.4 is 10.6 Å². The van der Waals surface area contributed by atoms with Gasteiger partial charge in [0.05, 0.1) is 17.9 Å². The Morgan fingerprint density at radius 1 is 0.960 bits per heavy atom. The standard InChI is InChI=1S/C20H16N4O/c25-20(14-7-2-1-3-8-14)24-16-10-5-4-9-15(16)18-13-22-19-17(23-18)11-6-12-21-19/h1-12H,13H2,(H,21,22)(H,24,25). The Labute approximate surface area is 145 Å². The highest BCUT2D eigenvalue weighted by molar-refractivity contribution is 6.13. The molecular weight excluding hydrogens is 312 g/mol. The van der Waals surface area contributed by atoms with Crippen LogP contribution in [0, 0.1) is 0 Å². The predicted molar refractivity (Wildman–Crippen MR) is 99.8 cm³/mol. The summed E-state index contributed by atoms with van der Waals surface area (Å²) >= 11 is 0. The number of amides is 1. The Hall–Kier alpha value is -3.47. The number of rotatable bonds is 3. The highest BCUT2D eigenvalue weighted by Gasteiger charge is 2.17. The highest BCUT2D eigenvalue weighted by atomic mass is 16.1. The van der Waals surface area contributed by atoms with Gasteiger partial charge in [0.15, 0.2) is 5.82 Å². The van der Waals surface area contributed by atoms with Crippen molar-refractivity contribution in [3.8, 4) is 0 Å². The van der Waals surface area contributed by atoms with Gasteiger partial charge in [-0.25, -0.2) is 9.98 Å². The Kier molecular flexibility index (Phi) is 3.96. The lowest BCUT2D eigenvalue weighted by Crippen LogP contribution is -2.22. The minimum atomic E-state index is -0.139. The number of aromatic nitrogens is 1. The number of nitrogens with zero attached hydrogens (tertiary/aromatic N) is 2. The number of nitrogens with one attached hydrogen (secondary N) is 2. The molecule has 122 valence electrons. The summed E-state index contributed by atoms with van der Waals surface area (Å²) in [4.78, 5) is 21.4. The van der Waals surface area contributed by atoms with Gasteiger partial charge in [-0.1, -0.05) is 36.4 Å². The fraction of sp³-hybridized carbons (Fsp3) is 0.0500. The van der Waals surface area contributed by atoms with Gasteiger partial charge >= 0.3 is 0 Å². The molecule has 0 atom stereocenters. The molecule has 1 amide bonds. The molecular formula is C20H16N4O. The van der Waals surface area contributed by atoms with Gasteiger partial charge in [-0.05, 0) is 30.3 Å². The molecule has 0 spiro atoms. The zero-order chi connectivity index (χ0) is 17.1. The molecule has 0 aliphatic carbocycles. The Morgan fingerprint density at radius 3 is 2.64 bits per heavy atom. The summed E-state index contributed by atoms with van der Waals surface area (Å²) in [5.74, 6) is 0.636. The highest BCUT2D eigenvalue weighted by Crippen LogP contribution is 2.28. The van der Waals surface area contributed by atoms with Crippen LogP contribution in [0.4, 0.5) is 17.2 Å². The lowest BCUT2D eigenvalue weighted by atomic mass is 10.1. The monoisotopic (exact) mass is 328 g/mol. The summed E-state index contributed by atoms with van der Waals surface area (Å²) in [5, 5.41) is 6.25. The predicted octanol–water partition coefficient (Wildman–Crippen LogP) is 3.88. The van der Waals surface area contributed by atoms with Gasteiger partial charge in [0.25, 0.3) is 5.91 Å². The maximum absolute atomic E-state index is 12.5. The summed E-state index contributed by atoms with van der Waals surface area (Å²) in [7, 11) is 0. The molecule has 0 bridgehead atoms. The van der Waals surface area contributed by atoms with Gasteiger partial charge in [-0.15, -0.1) is 0 Å². The van der Waals surface area contributed by atoms with Crippen LogP contribution in [0.3, 0.4) is 0 Å². The first kappa shape index (κ1) is 15.1. The third kappa shape index (κ3) is 3.12. The second-order valence-corrected chi connectivity index (χ2v) is 5.65. The van der Waals surface area contributed by atoms with E-state index in [1.54, 1.807) is 18.3 Å². The third-order valence-corrected chi connectivity index (χ3v) is 3.99. The van der Waals surface area contributed by atoms with Crippen molar-refractivity contribution in [3.63, 3.8) is 0 Å². The van der Waals surface area contributed by atoms with E-state index in [-0.39, 0.29) is 5.91 Å². The molecule has 25 heavy (non-hydrogen) atoms. The van der Waals surface area contributed by atoms with E-state index in [4.69, 9.17) is 4.99 Å². The largest absolute Gasteiger partial charge is 0.363 e. The molecule has 0 saturated heterocycles. The van der Waals surface area contributed by atoms with Gasteiger partial charge in [0.1, 0.15) is 5.69 Å². The van der Waals surface area contributed by atoms with Crippen LogP contribution in [0.1, 0.15) is 15.9 Å². The molecule has 1 aliphatic heterocycles. The van der Waals surface area contributed by atoms with Crippen LogP contribution in [0.5, 0.6) is 0 Å². The van der Waals surface area contributed by atoms with Gasteiger partial charge < -0.3 is 10.6 Å². The average molecular weight is 328 g/mol. The molecule has 0 fully saturated rings. The normalized spacial score (nSPS) is 12.6. The minimum Gasteiger partial charge on any atom is -0.363 e. The lowest BCUT2D eigenvalue weighted by molar-refractivity contribution is 0.102. The molecule has 3 aromatic rings. The summed E-state index contributed by atoms with van der Waals surface area (Å²) < 4.78 is 0. The SMILES string of the molecule is O=C(Nc1ccccc1C1=Nc2cccnc2NC1)c1ccccc1. The quantitative estimate of drug-likeness (QED) is 0.767. The molecule has 0 radical (unpaired) electrons. The number of anilines is 2. The summed E-state index contributed by atoms with van der Waals surface area (Å²) in [6, 6.07) is 20.6. The Morgan fingerprint density at radius 2 is 1.76 bits per heavy atom. The molecule has 4 rings (SSSR count). The van der Waals surface area contributed by atoms with Gasteiger partial charge in [-0.2, -0.15) is 0 Å². The van der Waals surface area contributed by atoms with Gasteiger partial charge in [0, 0.05) is 17.3 Å². The number of para-hydroxylation sites is 1. The second-order valence-electron chi connectivity index (χ2n) is 5.65. The van der Waals surface area contributed by atoms with Crippen LogP contribution in [0.25, 0.3) is 0 Å². The zero-order valence-electron chi connectivity index (χ0n) is 13.4. The maximum Gasteiger partial charge on any atom is 0.255 e. The molecule has 2 N–H and O–H groups in total. The molecule has 2 aromatic carbocycles. The van der Waals surface area contributed by atoms with Crippen molar-refractivity contribution >= 4 is 28.8 Å². The van der Waals surface area contributed by atoms with Crippen molar-refractivity contribution in [2.75, 3.05) is 17.2 Å². The van der Waals surface area contributed by atoms with E-state index >= 15 is 0 Å². The van der Waals surface area contributed by atoms with Crippen molar-refractivity contribution < 1.29 is 4.79 Å². The van der Waals surface area contributed by atoms with Crippen LogP contribution >= 0.6 is 0 Å². The fourth-order valence-corrected chi connectivity index (χ4v) is 2.76. The number of carbonyl (C=O) groups excluding carboxylic acids is 1. The van der Waals surface area contributed by atoms with E-state index < -0.39 is 0 Å². The third-order valence-electron chi connectivity index (χ3n) is 3.99. The van der Waals surface area contributed by atoms with E-state index in [9.17, 15) is 4.79 Å². The average Bonchev–Trinajstić information content (AvgIpc) is 2.69. The number of hydrogen-bond donors (Lipinski definition) is 2. The van der Waals surface area contributed by atoms with Crippen molar-refractivity contribution in [1.82, 2.24) is 4.98 Å². The van der Waals surface area contributed by atoms with Crippen LogP contribution in [-0.2, 0) is 0 Å². The van der Waals surface area contributed by atoms with Crippen LogP contribution in [0.2, 0.25) is 0 Å². The molecule has 0 unspecified atom stereocenters. The van der Waals surface area contributed by atoms with Crippen molar-refractivity contribution in [3.05, 3.63) is 84.1 Å². The van der Waals surface area contributed by atoms with Crippen LogP contribution in [-0.4, -0.2) is 23.1 Å². The number of carbonyl (C=O) groups is 1. The van der Waals surface area contributed by atoms with Gasteiger partial charge in [-0.3, -0.25) is 4.79 Å². The zero-order valence-corrected chi connectivity index (χ0v) is 13.4. The second kappa shape index (κ2) is 6.57. The van der Waals surface area contributed by atoms with Crippen LogP contribution in [0.15, 0.2) is 77.9 Å². The summed E-state index contributed by atoms with van der Waals surface area (Å²) in [6.07, 6.45) is 1.74. The fourth-order valence-electron chi connectivity index (χ4n) is 2.76. The van der Waals surface area contributed by atoms with Gasteiger partial charge in [0.2, 0.25) is 0 Å². The van der Waals surface area contributed by atoms with Crippen molar-refractivity contribution in [1.29, 1.82) is 0 Å². The van der Waals surface area contributed by atoms with E-state index in [0.29, 0.717) is 12.1 Å². The molecule has 5 nitrogen and oxygen atoms in total. The number of hydrogen-bond acceptors (Lipinski definition) is 4. The first-order valence-electron chi connectivity index (χ1n) is 8.03. The topological polar surface area (TPSA) is 66.4 Å². The molecule has 2 heterocycles. The molecule has 0 saturated carbocycles. The number of pyridine rings is 1. The van der Waals surface area contributed by atoms with E-state index in [2.05, 4.69) is 15.6 Å². The smallest absolute Gasteiger partial charge is 0.255 e. The minimum absolute atomic E-state index is 0.139. The Bertz CT molecular complexity index is 951. The van der Waals surface area contributed by atoms with E-state index in [1.807, 2.05) is 54.6 Å².